The fourth-order valence-electron chi connectivity index (χ4n) is 2.03. The van der Waals surface area contributed by atoms with Crippen LogP contribution in [0.15, 0.2) is 48.5 Å². The van der Waals surface area contributed by atoms with Crippen LogP contribution in [0, 0.1) is 5.82 Å². The predicted molar refractivity (Wildman–Crippen MR) is 82.6 cm³/mol. The highest BCUT2D eigenvalue weighted by atomic mass is 19.1. The zero-order valence-electron chi connectivity index (χ0n) is 11.8. The highest BCUT2D eigenvalue weighted by Crippen LogP contribution is 2.21. The van der Waals surface area contributed by atoms with Crippen LogP contribution in [0.25, 0.3) is 0 Å². The van der Waals surface area contributed by atoms with Gasteiger partial charge in [-0.15, -0.1) is 0 Å². The van der Waals surface area contributed by atoms with E-state index in [9.17, 15) is 4.39 Å². The van der Waals surface area contributed by atoms with Crippen molar-refractivity contribution in [3.05, 3.63) is 59.9 Å². The molecule has 1 atom stereocenters. The number of hydrogen-bond donors (Lipinski definition) is 2. The van der Waals surface area contributed by atoms with Gasteiger partial charge in [-0.25, -0.2) is 4.39 Å². The monoisotopic (exact) mass is 273 g/mol. The molecule has 3 N–H and O–H groups in total. The number of hydrogen-bond acceptors (Lipinski definition) is 3. The van der Waals surface area contributed by atoms with E-state index in [1.807, 2.05) is 14.1 Å². The first kappa shape index (κ1) is 14.3. The minimum atomic E-state index is -0.241. The number of nitrogens with zero attached hydrogens (tertiary/aromatic N) is 1. The van der Waals surface area contributed by atoms with E-state index in [0.29, 0.717) is 6.54 Å². The molecule has 0 heterocycles. The Hall–Kier alpha value is -2.07. The van der Waals surface area contributed by atoms with E-state index in [-0.39, 0.29) is 11.9 Å². The Morgan fingerprint density at radius 2 is 1.65 bits per heavy atom. The van der Waals surface area contributed by atoms with Gasteiger partial charge in [0.25, 0.3) is 0 Å². The Morgan fingerprint density at radius 1 is 1.05 bits per heavy atom. The Bertz CT molecular complexity index is 535. The minimum Gasteiger partial charge on any atom is -0.378 e. The van der Waals surface area contributed by atoms with Crippen molar-refractivity contribution in [2.24, 2.45) is 5.73 Å². The van der Waals surface area contributed by atoms with E-state index in [1.165, 1.54) is 12.1 Å². The van der Waals surface area contributed by atoms with Gasteiger partial charge in [0.1, 0.15) is 5.82 Å². The normalized spacial score (nSPS) is 12.0. The number of benzene rings is 2. The third kappa shape index (κ3) is 3.48. The summed E-state index contributed by atoms with van der Waals surface area (Å²) >= 11 is 0. The zero-order valence-corrected chi connectivity index (χ0v) is 11.8. The summed E-state index contributed by atoms with van der Waals surface area (Å²) in [6.45, 7) is 0.471. The standard InChI is InChI=1S/C16H20FN3/c1-20(2)15-9-3-12(4-10-15)16(11-18)19-14-7-5-13(17)6-8-14/h3-10,16,19H,11,18H2,1-2H3. The average Bonchev–Trinajstić information content (AvgIpc) is 2.47. The summed E-state index contributed by atoms with van der Waals surface area (Å²) in [6, 6.07) is 14.5. The first-order valence-corrected chi connectivity index (χ1v) is 6.59. The average molecular weight is 273 g/mol. The molecule has 2 aromatic rings. The molecule has 0 saturated carbocycles. The number of anilines is 2. The van der Waals surface area contributed by atoms with Crippen molar-refractivity contribution in [2.75, 3.05) is 30.9 Å². The lowest BCUT2D eigenvalue weighted by Crippen LogP contribution is -2.20. The van der Waals surface area contributed by atoms with Gasteiger partial charge in [0.2, 0.25) is 0 Å². The van der Waals surface area contributed by atoms with Crippen LogP contribution >= 0.6 is 0 Å². The van der Waals surface area contributed by atoms with Gasteiger partial charge in [-0.1, -0.05) is 12.1 Å². The number of nitrogens with two attached hydrogens (primary N) is 1. The highest BCUT2D eigenvalue weighted by Gasteiger charge is 2.09. The second-order valence-corrected chi connectivity index (χ2v) is 4.93. The quantitative estimate of drug-likeness (QED) is 0.880. The number of nitrogens with one attached hydrogen (secondary N) is 1. The van der Waals surface area contributed by atoms with Gasteiger partial charge >= 0.3 is 0 Å². The van der Waals surface area contributed by atoms with E-state index in [2.05, 4.69) is 34.5 Å². The molecule has 0 aliphatic heterocycles. The smallest absolute Gasteiger partial charge is 0.123 e. The molecule has 0 saturated heterocycles. The third-order valence-corrected chi connectivity index (χ3v) is 3.23. The first-order valence-electron chi connectivity index (χ1n) is 6.59. The SMILES string of the molecule is CN(C)c1ccc(C(CN)Nc2ccc(F)cc2)cc1. The van der Waals surface area contributed by atoms with Crippen LogP contribution in [0.1, 0.15) is 11.6 Å². The molecule has 0 fully saturated rings. The fraction of sp³-hybridized carbons (Fsp3) is 0.250. The van der Waals surface area contributed by atoms with Crippen LogP contribution < -0.4 is 16.0 Å². The summed E-state index contributed by atoms with van der Waals surface area (Å²) in [6.07, 6.45) is 0. The van der Waals surface area contributed by atoms with Gasteiger partial charge < -0.3 is 16.0 Å². The van der Waals surface area contributed by atoms with Crippen molar-refractivity contribution in [1.82, 2.24) is 0 Å². The summed E-state index contributed by atoms with van der Waals surface area (Å²) in [7, 11) is 4.01. The predicted octanol–water partition coefficient (Wildman–Crippen LogP) is 3.00. The van der Waals surface area contributed by atoms with Gasteiger partial charge in [-0.05, 0) is 42.0 Å². The van der Waals surface area contributed by atoms with E-state index in [0.717, 1.165) is 16.9 Å². The topological polar surface area (TPSA) is 41.3 Å². The van der Waals surface area contributed by atoms with E-state index in [1.54, 1.807) is 12.1 Å². The summed E-state index contributed by atoms with van der Waals surface area (Å²) in [5.74, 6) is -0.241. The molecule has 0 radical (unpaired) electrons. The number of halogens is 1. The summed E-state index contributed by atoms with van der Waals surface area (Å²) < 4.78 is 12.9. The maximum Gasteiger partial charge on any atom is 0.123 e. The van der Waals surface area contributed by atoms with Crippen molar-refractivity contribution < 1.29 is 4.39 Å². The zero-order chi connectivity index (χ0) is 14.5. The molecule has 0 bridgehead atoms. The summed E-state index contributed by atoms with van der Waals surface area (Å²) in [5, 5.41) is 3.32. The van der Waals surface area contributed by atoms with Crippen LogP contribution in [0.2, 0.25) is 0 Å². The van der Waals surface area contributed by atoms with Crippen molar-refractivity contribution in [3.63, 3.8) is 0 Å². The molecule has 4 heteroatoms. The Balaban J connectivity index is 2.13. The third-order valence-electron chi connectivity index (χ3n) is 3.23. The van der Waals surface area contributed by atoms with Gasteiger partial charge in [0.05, 0.1) is 6.04 Å². The van der Waals surface area contributed by atoms with Crippen molar-refractivity contribution in [3.8, 4) is 0 Å². The lowest BCUT2D eigenvalue weighted by atomic mass is 10.1. The molecule has 0 aromatic heterocycles. The largest absolute Gasteiger partial charge is 0.378 e. The van der Waals surface area contributed by atoms with Crippen LogP contribution in [0.3, 0.4) is 0 Å². The van der Waals surface area contributed by atoms with Crippen molar-refractivity contribution in [1.29, 1.82) is 0 Å². The van der Waals surface area contributed by atoms with E-state index < -0.39 is 0 Å². The molecule has 0 aliphatic rings. The maximum absolute atomic E-state index is 12.9. The summed E-state index contributed by atoms with van der Waals surface area (Å²) in [5.41, 5.74) is 8.95. The second-order valence-electron chi connectivity index (χ2n) is 4.93. The molecule has 1 unspecified atom stereocenters. The van der Waals surface area contributed by atoms with Crippen molar-refractivity contribution in [2.45, 2.75) is 6.04 Å². The minimum absolute atomic E-state index is 0.0108. The Morgan fingerprint density at radius 3 is 2.15 bits per heavy atom. The second kappa shape index (κ2) is 6.39. The maximum atomic E-state index is 12.9. The van der Waals surface area contributed by atoms with Gasteiger partial charge in [-0.3, -0.25) is 0 Å². The molecular weight excluding hydrogens is 253 g/mol. The first-order chi connectivity index (χ1) is 9.60. The molecule has 0 amide bonds. The molecule has 20 heavy (non-hydrogen) atoms. The van der Waals surface area contributed by atoms with Gasteiger partial charge in [-0.2, -0.15) is 0 Å². The Labute approximate surface area is 119 Å². The molecular formula is C16H20FN3. The van der Waals surface area contributed by atoms with Crippen LogP contribution in [-0.2, 0) is 0 Å². The molecule has 106 valence electrons. The van der Waals surface area contributed by atoms with Crippen LogP contribution in [0.5, 0.6) is 0 Å². The summed E-state index contributed by atoms with van der Waals surface area (Å²) in [4.78, 5) is 2.05. The molecule has 2 rings (SSSR count). The number of rotatable bonds is 5. The van der Waals surface area contributed by atoms with Gasteiger partial charge in [0, 0.05) is 32.0 Å². The van der Waals surface area contributed by atoms with Crippen LogP contribution in [0.4, 0.5) is 15.8 Å². The molecule has 3 nitrogen and oxygen atoms in total. The highest BCUT2D eigenvalue weighted by molar-refractivity contribution is 5.49. The van der Waals surface area contributed by atoms with Crippen molar-refractivity contribution >= 4 is 11.4 Å². The molecule has 0 spiro atoms. The lowest BCUT2D eigenvalue weighted by Gasteiger charge is -2.20. The van der Waals surface area contributed by atoms with E-state index >= 15 is 0 Å². The molecule has 2 aromatic carbocycles. The molecule has 0 aliphatic carbocycles. The Kier molecular flexibility index (Phi) is 4.58. The fourth-order valence-corrected chi connectivity index (χ4v) is 2.03. The lowest BCUT2D eigenvalue weighted by molar-refractivity contribution is 0.628. The van der Waals surface area contributed by atoms with Gasteiger partial charge in [0.15, 0.2) is 0 Å². The van der Waals surface area contributed by atoms with E-state index in [4.69, 9.17) is 5.73 Å². The van der Waals surface area contributed by atoms with Crippen LogP contribution in [-0.4, -0.2) is 20.6 Å².